The van der Waals surface area contributed by atoms with Crippen LogP contribution < -0.4 is 11.5 Å². The molecule has 2 rings (SSSR count). The van der Waals surface area contributed by atoms with Gasteiger partial charge >= 0.3 is 0 Å². The number of pyridine rings is 1. The Morgan fingerprint density at radius 2 is 2.19 bits per heavy atom. The molecule has 0 aromatic carbocycles. The van der Waals surface area contributed by atoms with E-state index in [4.69, 9.17) is 11.5 Å². The fraction of sp³-hybridized carbons (Fsp3) is 0.0909. The third kappa shape index (κ3) is 1.77. The highest BCUT2D eigenvalue weighted by Crippen LogP contribution is 2.28. The third-order valence-electron chi connectivity index (χ3n) is 2.20. The van der Waals surface area contributed by atoms with E-state index in [0.717, 1.165) is 4.88 Å². The van der Waals surface area contributed by atoms with Gasteiger partial charge in [-0.3, -0.25) is 4.79 Å². The van der Waals surface area contributed by atoms with Crippen LogP contribution in [0.25, 0.3) is 10.6 Å². The topological polar surface area (TPSA) is 82.0 Å². The number of aromatic nitrogens is 1. The van der Waals surface area contributed by atoms with E-state index in [1.165, 1.54) is 6.92 Å². The van der Waals surface area contributed by atoms with Gasteiger partial charge in [0, 0.05) is 6.92 Å². The van der Waals surface area contributed by atoms with Crippen molar-refractivity contribution < 1.29 is 4.79 Å². The SMILES string of the molecule is CC(=O)c1nc(-c2cccs2)cc(N)c1N. The van der Waals surface area contributed by atoms with E-state index in [-0.39, 0.29) is 17.2 Å². The van der Waals surface area contributed by atoms with E-state index in [1.54, 1.807) is 17.4 Å². The molecule has 0 saturated heterocycles. The van der Waals surface area contributed by atoms with Crippen LogP contribution >= 0.6 is 11.3 Å². The van der Waals surface area contributed by atoms with E-state index in [1.807, 2.05) is 17.5 Å². The molecule has 0 saturated carbocycles. The Kier molecular flexibility index (Phi) is 2.62. The molecule has 2 aromatic rings. The van der Waals surface area contributed by atoms with E-state index in [2.05, 4.69) is 4.98 Å². The summed E-state index contributed by atoms with van der Waals surface area (Å²) in [4.78, 5) is 16.5. The normalized spacial score (nSPS) is 10.3. The molecule has 0 aliphatic heterocycles. The summed E-state index contributed by atoms with van der Waals surface area (Å²) >= 11 is 1.54. The first kappa shape index (κ1) is 10.6. The van der Waals surface area contributed by atoms with Crippen molar-refractivity contribution in [3.63, 3.8) is 0 Å². The van der Waals surface area contributed by atoms with Gasteiger partial charge in [-0.2, -0.15) is 0 Å². The van der Waals surface area contributed by atoms with Crippen LogP contribution in [0.3, 0.4) is 0 Å². The fourth-order valence-electron chi connectivity index (χ4n) is 1.39. The Hall–Kier alpha value is -1.88. The molecule has 0 unspecified atom stereocenters. The second-order valence-electron chi connectivity index (χ2n) is 3.39. The Morgan fingerprint density at radius 3 is 2.75 bits per heavy atom. The number of nitrogen functional groups attached to an aromatic ring is 2. The zero-order valence-corrected chi connectivity index (χ0v) is 9.54. The number of anilines is 2. The minimum Gasteiger partial charge on any atom is -0.397 e. The maximum Gasteiger partial charge on any atom is 0.180 e. The van der Waals surface area contributed by atoms with Crippen LogP contribution in [0.1, 0.15) is 17.4 Å². The summed E-state index contributed by atoms with van der Waals surface area (Å²) in [5.74, 6) is -0.178. The number of ketones is 1. The van der Waals surface area contributed by atoms with Gasteiger partial charge in [-0.05, 0) is 17.5 Å². The average molecular weight is 233 g/mol. The van der Waals surface area contributed by atoms with Crippen LogP contribution in [0, 0.1) is 0 Å². The Morgan fingerprint density at radius 1 is 1.44 bits per heavy atom. The number of nitrogens with zero attached hydrogens (tertiary/aromatic N) is 1. The van der Waals surface area contributed by atoms with Crippen molar-refractivity contribution in [1.82, 2.24) is 4.98 Å². The van der Waals surface area contributed by atoms with Gasteiger partial charge in [-0.25, -0.2) is 4.98 Å². The van der Waals surface area contributed by atoms with Crippen LogP contribution in [0.2, 0.25) is 0 Å². The lowest BCUT2D eigenvalue weighted by atomic mass is 10.1. The van der Waals surface area contributed by atoms with Crippen LogP contribution in [-0.4, -0.2) is 10.8 Å². The molecule has 16 heavy (non-hydrogen) atoms. The molecule has 2 aromatic heterocycles. The van der Waals surface area contributed by atoms with E-state index < -0.39 is 0 Å². The number of hydrogen-bond donors (Lipinski definition) is 2. The number of nitrogens with two attached hydrogens (primary N) is 2. The standard InChI is InChI=1S/C11H11N3OS/c1-6(15)11-10(13)7(12)5-8(14-11)9-3-2-4-16-9/h2-5H,13H2,1H3,(H2,12,14). The maximum atomic E-state index is 11.3. The highest BCUT2D eigenvalue weighted by Gasteiger charge is 2.13. The summed E-state index contributed by atoms with van der Waals surface area (Å²) in [6.45, 7) is 1.43. The molecule has 0 bridgehead atoms. The van der Waals surface area contributed by atoms with Gasteiger partial charge in [0.15, 0.2) is 5.78 Å². The number of hydrogen-bond acceptors (Lipinski definition) is 5. The van der Waals surface area contributed by atoms with Gasteiger partial charge in [-0.1, -0.05) is 6.07 Å². The first-order valence-electron chi connectivity index (χ1n) is 4.70. The first-order chi connectivity index (χ1) is 7.59. The maximum absolute atomic E-state index is 11.3. The summed E-state index contributed by atoms with van der Waals surface area (Å²) < 4.78 is 0. The molecule has 0 aliphatic carbocycles. The zero-order chi connectivity index (χ0) is 11.7. The van der Waals surface area contributed by atoms with Crippen molar-refractivity contribution in [2.75, 3.05) is 11.5 Å². The minimum atomic E-state index is -0.178. The molecular formula is C11H11N3OS. The van der Waals surface area contributed by atoms with Gasteiger partial charge in [-0.15, -0.1) is 11.3 Å². The van der Waals surface area contributed by atoms with Crippen molar-refractivity contribution in [2.24, 2.45) is 0 Å². The fourth-order valence-corrected chi connectivity index (χ4v) is 2.08. The average Bonchev–Trinajstić information content (AvgIpc) is 2.74. The molecule has 5 heteroatoms. The van der Waals surface area contributed by atoms with Crippen LogP contribution in [0.5, 0.6) is 0 Å². The van der Waals surface area contributed by atoms with Crippen molar-refractivity contribution in [1.29, 1.82) is 0 Å². The Bertz CT molecular complexity index is 534. The van der Waals surface area contributed by atoms with E-state index in [9.17, 15) is 4.79 Å². The monoisotopic (exact) mass is 233 g/mol. The summed E-state index contributed by atoms with van der Waals surface area (Å²) in [6, 6.07) is 5.53. The third-order valence-corrected chi connectivity index (χ3v) is 3.09. The molecule has 0 spiro atoms. The van der Waals surface area contributed by atoms with Crippen molar-refractivity contribution >= 4 is 28.5 Å². The van der Waals surface area contributed by atoms with Gasteiger partial charge < -0.3 is 11.5 Å². The molecule has 82 valence electrons. The van der Waals surface area contributed by atoms with Crippen LogP contribution in [-0.2, 0) is 0 Å². The molecular weight excluding hydrogens is 222 g/mol. The number of carbonyl (C=O) groups excluding carboxylic acids is 1. The van der Waals surface area contributed by atoms with Crippen molar-refractivity contribution in [2.45, 2.75) is 6.92 Å². The first-order valence-corrected chi connectivity index (χ1v) is 5.58. The molecule has 4 N–H and O–H groups in total. The lowest BCUT2D eigenvalue weighted by molar-refractivity contribution is 0.101. The number of rotatable bonds is 2. The lowest BCUT2D eigenvalue weighted by Crippen LogP contribution is -2.07. The summed E-state index contributed by atoms with van der Waals surface area (Å²) in [7, 11) is 0. The number of Topliss-reactive ketones (excluding diaryl/α,β-unsaturated/α-hetero) is 1. The Balaban J connectivity index is 2.62. The predicted molar refractivity (Wildman–Crippen MR) is 66.4 cm³/mol. The molecule has 0 aliphatic rings. The molecule has 4 nitrogen and oxygen atoms in total. The lowest BCUT2D eigenvalue weighted by Gasteiger charge is -2.07. The largest absolute Gasteiger partial charge is 0.397 e. The van der Waals surface area contributed by atoms with Crippen LogP contribution in [0.15, 0.2) is 23.6 Å². The van der Waals surface area contributed by atoms with Crippen LogP contribution in [0.4, 0.5) is 11.4 Å². The molecule has 2 heterocycles. The quantitative estimate of drug-likeness (QED) is 0.779. The van der Waals surface area contributed by atoms with E-state index >= 15 is 0 Å². The van der Waals surface area contributed by atoms with Crippen molar-refractivity contribution in [3.8, 4) is 10.6 Å². The smallest absolute Gasteiger partial charge is 0.180 e. The summed E-state index contributed by atoms with van der Waals surface area (Å²) in [6.07, 6.45) is 0. The molecule has 0 fully saturated rings. The highest BCUT2D eigenvalue weighted by atomic mass is 32.1. The zero-order valence-electron chi connectivity index (χ0n) is 8.73. The Labute approximate surface area is 96.9 Å². The molecule has 0 atom stereocenters. The summed E-state index contributed by atoms with van der Waals surface area (Å²) in [5, 5.41) is 1.94. The predicted octanol–water partition coefficient (Wildman–Crippen LogP) is 2.18. The van der Waals surface area contributed by atoms with Gasteiger partial charge in [0.1, 0.15) is 5.69 Å². The summed E-state index contributed by atoms with van der Waals surface area (Å²) in [5.41, 5.74) is 13.0. The van der Waals surface area contributed by atoms with Gasteiger partial charge in [0.05, 0.1) is 21.9 Å². The van der Waals surface area contributed by atoms with Gasteiger partial charge in [0.2, 0.25) is 0 Å². The number of carbonyl (C=O) groups is 1. The molecule has 0 amide bonds. The molecule has 0 radical (unpaired) electrons. The second kappa shape index (κ2) is 3.94. The van der Waals surface area contributed by atoms with Gasteiger partial charge in [0.25, 0.3) is 0 Å². The number of thiophene rings is 1. The highest BCUT2D eigenvalue weighted by molar-refractivity contribution is 7.13. The van der Waals surface area contributed by atoms with Crippen molar-refractivity contribution in [3.05, 3.63) is 29.3 Å². The van der Waals surface area contributed by atoms with E-state index in [0.29, 0.717) is 11.4 Å². The second-order valence-corrected chi connectivity index (χ2v) is 4.34. The minimum absolute atomic E-state index is 0.178.